The van der Waals surface area contributed by atoms with Crippen molar-refractivity contribution >= 4 is 11.7 Å². The summed E-state index contributed by atoms with van der Waals surface area (Å²) < 4.78 is 12.4. The number of nitrogens with two attached hydrogens (primary N) is 1. The zero-order valence-electron chi connectivity index (χ0n) is 6.67. The van der Waals surface area contributed by atoms with E-state index in [4.69, 9.17) is 5.84 Å². The number of hydrogen-bond acceptors (Lipinski definition) is 3. The molecule has 0 aliphatic rings. The van der Waals surface area contributed by atoms with Crippen LogP contribution in [0.15, 0.2) is 24.3 Å². The third kappa shape index (κ3) is 2.96. The van der Waals surface area contributed by atoms with Gasteiger partial charge in [0.05, 0.1) is 5.69 Å². The van der Waals surface area contributed by atoms with Crippen LogP contribution >= 0.6 is 0 Å². The first kappa shape index (κ1) is 9.27. The van der Waals surface area contributed by atoms with Crippen LogP contribution in [0.4, 0.5) is 14.9 Å². The quantitative estimate of drug-likeness (QED) is 0.304. The van der Waals surface area contributed by atoms with Gasteiger partial charge in [0.15, 0.2) is 0 Å². The summed E-state index contributed by atoms with van der Waals surface area (Å²) in [7, 11) is 0. The van der Waals surface area contributed by atoms with Gasteiger partial charge in [0.25, 0.3) is 0 Å². The molecule has 0 bridgehead atoms. The number of hydrogen-bond donors (Lipinski definition) is 4. The smallest absolute Gasteiger partial charge is 0.297 e. The van der Waals surface area contributed by atoms with Crippen molar-refractivity contribution in [2.24, 2.45) is 5.84 Å². The van der Waals surface area contributed by atoms with Crippen LogP contribution in [0.2, 0.25) is 0 Å². The van der Waals surface area contributed by atoms with Gasteiger partial charge in [-0.3, -0.25) is 16.3 Å². The topological polar surface area (TPSA) is 79.2 Å². The maximum Gasteiger partial charge on any atom is 0.347 e. The van der Waals surface area contributed by atoms with Crippen LogP contribution in [-0.2, 0) is 0 Å². The average Bonchev–Trinajstić information content (AvgIpc) is 2.16. The maximum absolute atomic E-state index is 12.4. The number of amides is 2. The molecule has 5 nitrogen and oxygen atoms in total. The molecule has 0 aliphatic heterocycles. The first-order valence-corrected chi connectivity index (χ1v) is 3.50. The van der Waals surface area contributed by atoms with Crippen LogP contribution in [0.25, 0.3) is 0 Å². The number of hydrazine groups is 2. The highest BCUT2D eigenvalue weighted by atomic mass is 19.1. The molecule has 0 radical (unpaired) electrons. The SMILES string of the molecule is NNC(=O)NNc1ccc(F)cc1. The van der Waals surface area contributed by atoms with Gasteiger partial charge in [0, 0.05) is 0 Å². The Balaban J connectivity index is 2.46. The number of benzene rings is 1. The first-order chi connectivity index (χ1) is 6.22. The van der Waals surface area contributed by atoms with Crippen molar-refractivity contribution in [3.05, 3.63) is 30.1 Å². The monoisotopic (exact) mass is 184 g/mol. The van der Waals surface area contributed by atoms with Crippen molar-refractivity contribution < 1.29 is 9.18 Å². The molecule has 0 aromatic heterocycles. The molecule has 0 atom stereocenters. The molecule has 70 valence electrons. The van der Waals surface area contributed by atoms with Crippen LogP contribution in [0.1, 0.15) is 0 Å². The van der Waals surface area contributed by atoms with Crippen molar-refractivity contribution in [1.82, 2.24) is 10.9 Å². The summed E-state index contributed by atoms with van der Waals surface area (Å²) >= 11 is 0. The van der Waals surface area contributed by atoms with Crippen LogP contribution in [0.5, 0.6) is 0 Å². The Morgan fingerprint density at radius 2 is 1.92 bits per heavy atom. The van der Waals surface area contributed by atoms with Gasteiger partial charge in [0.2, 0.25) is 0 Å². The van der Waals surface area contributed by atoms with E-state index in [2.05, 4.69) is 10.9 Å². The second-order valence-electron chi connectivity index (χ2n) is 2.23. The number of rotatable bonds is 2. The largest absolute Gasteiger partial charge is 0.347 e. The molecule has 1 rings (SSSR count). The number of anilines is 1. The van der Waals surface area contributed by atoms with Gasteiger partial charge in [-0.15, -0.1) is 0 Å². The van der Waals surface area contributed by atoms with E-state index in [-0.39, 0.29) is 5.82 Å². The lowest BCUT2D eigenvalue weighted by Crippen LogP contribution is -2.42. The Kier molecular flexibility index (Phi) is 3.04. The maximum atomic E-state index is 12.4. The van der Waals surface area contributed by atoms with Gasteiger partial charge in [-0.05, 0) is 24.3 Å². The van der Waals surface area contributed by atoms with Gasteiger partial charge in [-0.1, -0.05) is 0 Å². The van der Waals surface area contributed by atoms with E-state index in [9.17, 15) is 9.18 Å². The normalized spacial score (nSPS) is 9.08. The summed E-state index contributed by atoms with van der Waals surface area (Å²) in [6, 6.07) is 4.91. The van der Waals surface area contributed by atoms with Gasteiger partial charge in [-0.25, -0.2) is 15.0 Å². The van der Waals surface area contributed by atoms with Crippen molar-refractivity contribution in [1.29, 1.82) is 0 Å². The van der Waals surface area contributed by atoms with Gasteiger partial charge < -0.3 is 0 Å². The minimum Gasteiger partial charge on any atom is -0.297 e. The molecule has 1 aromatic carbocycles. The number of halogens is 1. The summed E-state index contributed by atoms with van der Waals surface area (Å²) in [5.74, 6) is 4.46. The Morgan fingerprint density at radius 1 is 1.31 bits per heavy atom. The molecule has 2 amide bonds. The highest BCUT2D eigenvalue weighted by molar-refractivity contribution is 5.74. The summed E-state index contributed by atoms with van der Waals surface area (Å²) in [6.07, 6.45) is 0. The molecular formula is C7H9FN4O. The van der Waals surface area contributed by atoms with Gasteiger partial charge in [-0.2, -0.15) is 0 Å². The molecule has 0 fully saturated rings. The molecule has 1 aromatic rings. The van der Waals surface area contributed by atoms with E-state index in [1.54, 1.807) is 0 Å². The van der Waals surface area contributed by atoms with Crippen LogP contribution < -0.4 is 22.1 Å². The fourth-order valence-electron chi connectivity index (χ4n) is 0.698. The van der Waals surface area contributed by atoms with Crippen LogP contribution in [-0.4, -0.2) is 6.03 Å². The van der Waals surface area contributed by atoms with E-state index >= 15 is 0 Å². The second-order valence-corrected chi connectivity index (χ2v) is 2.23. The van der Waals surface area contributed by atoms with Crippen molar-refractivity contribution in [3.63, 3.8) is 0 Å². The van der Waals surface area contributed by atoms with Crippen LogP contribution in [0.3, 0.4) is 0 Å². The fraction of sp³-hybridized carbons (Fsp3) is 0. The molecule has 13 heavy (non-hydrogen) atoms. The van der Waals surface area contributed by atoms with Gasteiger partial charge >= 0.3 is 6.03 Å². The number of carbonyl (C=O) groups is 1. The predicted octanol–water partition coefficient (Wildman–Crippen LogP) is 0.325. The highest BCUT2D eigenvalue weighted by Crippen LogP contribution is 2.06. The molecule has 0 unspecified atom stereocenters. The average molecular weight is 184 g/mol. The Morgan fingerprint density at radius 3 is 2.46 bits per heavy atom. The van der Waals surface area contributed by atoms with E-state index in [1.807, 2.05) is 5.43 Å². The Hall–Kier alpha value is -1.82. The minimum atomic E-state index is -0.579. The predicted molar refractivity (Wildman–Crippen MR) is 45.9 cm³/mol. The molecule has 0 saturated carbocycles. The van der Waals surface area contributed by atoms with Gasteiger partial charge in [0.1, 0.15) is 5.82 Å². The van der Waals surface area contributed by atoms with Crippen molar-refractivity contribution in [3.8, 4) is 0 Å². The summed E-state index contributed by atoms with van der Waals surface area (Å²) in [6.45, 7) is 0. The first-order valence-electron chi connectivity index (χ1n) is 3.50. The lowest BCUT2D eigenvalue weighted by Gasteiger charge is -2.06. The van der Waals surface area contributed by atoms with E-state index in [0.717, 1.165) is 0 Å². The number of carbonyl (C=O) groups excluding carboxylic acids is 1. The van der Waals surface area contributed by atoms with E-state index in [1.165, 1.54) is 24.3 Å². The molecule has 0 heterocycles. The molecule has 0 saturated heterocycles. The lowest BCUT2D eigenvalue weighted by molar-refractivity contribution is 0.243. The van der Waals surface area contributed by atoms with E-state index < -0.39 is 6.03 Å². The zero-order valence-corrected chi connectivity index (χ0v) is 6.67. The Labute approximate surface area is 74.1 Å². The second kappa shape index (κ2) is 4.27. The third-order valence-corrected chi connectivity index (χ3v) is 1.30. The zero-order chi connectivity index (χ0) is 9.68. The third-order valence-electron chi connectivity index (χ3n) is 1.30. The molecule has 0 spiro atoms. The summed E-state index contributed by atoms with van der Waals surface area (Å²) in [4.78, 5) is 10.6. The van der Waals surface area contributed by atoms with Crippen LogP contribution in [0, 0.1) is 5.82 Å². The van der Waals surface area contributed by atoms with Crippen molar-refractivity contribution in [2.45, 2.75) is 0 Å². The molecule has 6 heteroatoms. The summed E-state index contributed by atoms with van der Waals surface area (Å²) in [5, 5.41) is 0. The number of urea groups is 1. The fourth-order valence-corrected chi connectivity index (χ4v) is 0.698. The van der Waals surface area contributed by atoms with Crippen molar-refractivity contribution in [2.75, 3.05) is 5.43 Å². The standard InChI is InChI=1S/C7H9FN4O/c8-5-1-3-6(4-2-5)11-12-7(13)10-9/h1-4,11H,9H2,(H2,10,12,13). The minimum absolute atomic E-state index is 0.339. The highest BCUT2D eigenvalue weighted by Gasteiger charge is 1.95. The summed E-state index contributed by atoms with van der Waals surface area (Å²) in [5.41, 5.74) is 7.15. The lowest BCUT2D eigenvalue weighted by atomic mass is 10.3. The molecular weight excluding hydrogens is 175 g/mol. The Bertz CT molecular complexity index is 287. The number of nitrogens with one attached hydrogen (secondary N) is 3. The molecule has 5 N–H and O–H groups in total. The van der Waals surface area contributed by atoms with E-state index in [0.29, 0.717) is 5.69 Å². The molecule has 0 aliphatic carbocycles.